The molecule has 8 heteroatoms. The minimum absolute atomic E-state index is 0.0323. The first-order valence-electron chi connectivity index (χ1n) is 8.80. The largest absolute Gasteiger partial charge is 0.485 e. The third kappa shape index (κ3) is 3.11. The van der Waals surface area contributed by atoms with E-state index in [2.05, 4.69) is 5.32 Å². The van der Waals surface area contributed by atoms with Gasteiger partial charge in [-0.15, -0.1) is 0 Å². The van der Waals surface area contributed by atoms with Crippen molar-refractivity contribution < 1.29 is 28.7 Å². The van der Waals surface area contributed by atoms with E-state index in [1.54, 1.807) is 6.07 Å². The number of piperidine rings is 1. The highest BCUT2D eigenvalue weighted by atomic mass is 16.5. The predicted octanol–water partition coefficient (Wildman–Crippen LogP) is 1.23. The number of hydrogen-bond donors (Lipinski definition) is 1. The highest BCUT2D eigenvalue weighted by Crippen LogP contribution is 2.37. The Morgan fingerprint density at radius 2 is 1.96 bits per heavy atom. The molecule has 1 unspecified atom stereocenters. The van der Waals surface area contributed by atoms with Gasteiger partial charge in [-0.25, -0.2) is 0 Å². The standard InChI is InChI=1S/C19H20N2O6/c1-3-5-11(22)10-27-13-7-4-6-12-15(13)17(25)21(16(12)24)19(2)9-8-14(23)20-18(19)26/h4,6-7H,3,5,8-10H2,1-2H3,(H,20,23,26). The summed E-state index contributed by atoms with van der Waals surface area (Å²) in [5, 5.41) is 2.18. The molecule has 0 aromatic heterocycles. The van der Waals surface area contributed by atoms with Crippen LogP contribution in [0.4, 0.5) is 0 Å². The Bertz CT molecular complexity index is 862. The average molecular weight is 372 g/mol. The Hall–Kier alpha value is -3.03. The topological polar surface area (TPSA) is 110 Å². The van der Waals surface area contributed by atoms with Crippen LogP contribution in [0.15, 0.2) is 18.2 Å². The van der Waals surface area contributed by atoms with Crippen LogP contribution in [0.2, 0.25) is 0 Å². The summed E-state index contributed by atoms with van der Waals surface area (Å²) < 4.78 is 5.49. The summed E-state index contributed by atoms with van der Waals surface area (Å²) in [6.07, 6.45) is 1.13. The quantitative estimate of drug-likeness (QED) is 0.752. The third-order valence-corrected chi connectivity index (χ3v) is 4.87. The number of carbonyl (C=O) groups is 5. The number of ketones is 1. The van der Waals surface area contributed by atoms with Crippen LogP contribution in [-0.4, -0.2) is 46.5 Å². The molecule has 0 spiro atoms. The van der Waals surface area contributed by atoms with Crippen LogP contribution >= 0.6 is 0 Å². The Labute approximate surface area is 155 Å². The molecule has 0 bridgehead atoms. The molecule has 4 amide bonds. The van der Waals surface area contributed by atoms with Gasteiger partial charge in [0.1, 0.15) is 17.9 Å². The van der Waals surface area contributed by atoms with Gasteiger partial charge in [0.05, 0.1) is 11.1 Å². The van der Waals surface area contributed by atoms with E-state index in [-0.39, 0.29) is 42.1 Å². The maximum Gasteiger partial charge on any atom is 0.266 e. The molecule has 27 heavy (non-hydrogen) atoms. The summed E-state index contributed by atoms with van der Waals surface area (Å²) in [6.45, 7) is 3.14. The summed E-state index contributed by atoms with van der Waals surface area (Å²) >= 11 is 0. The second-order valence-electron chi connectivity index (χ2n) is 6.85. The van der Waals surface area contributed by atoms with Crippen molar-refractivity contribution in [2.24, 2.45) is 0 Å². The van der Waals surface area contributed by atoms with Crippen LogP contribution in [0.5, 0.6) is 5.75 Å². The summed E-state index contributed by atoms with van der Waals surface area (Å²) in [7, 11) is 0. The number of rotatable bonds is 6. The van der Waals surface area contributed by atoms with Gasteiger partial charge >= 0.3 is 0 Å². The maximum atomic E-state index is 13.0. The second-order valence-corrected chi connectivity index (χ2v) is 6.85. The van der Waals surface area contributed by atoms with Gasteiger partial charge in [0.25, 0.3) is 17.7 Å². The number of Topliss-reactive ketones (excluding diaryl/α,β-unsaturated/α-hetero) is 1. The lowest BCUT2D eigenvalue weighted by molar-refractivity contribution is -0.141. The van der Waals surface area contributed by atoms with Gasteiger partial charge in [0.15, 0.2) is 5.78 Å². The molecule has 2 heterocycles. The SMILES string of the molecule is CCCC(=O)COc1cccc2c1C(=O)N(C1(C)CCC(=O)NC1=O)C2=O. The van der Waals surface area contributed by atoms with Crippen molar-refractivity contribution in [3.05, 3.63) is 29.3 Å². The molecular formula is C19H20N2O6. The number of nitrogens with one attached hydrogen (secondary N) is 1. The van der Waals surface area contributed by atoms with E-state index in [4.69, 9.17) is 4.74 Å². The fraction of sp³-hybridized carbons (Fsp3) is 0.421. The van der Waals surface area contributed by atoms with Crippen molar-refractivity contribution in [3.63, 3.8) is 0 Å². The zero-order chi connectivity index (χ0) is 19.8. The maximum absolute atomic E-state index is 13.0. The Balaban J connectivity index is 1.92. The van der Waals surface area contributed by atoms with E-state index in [9.17, 15) is 24.0 Å². The molecule has 1 aromatic rings. The second kappa shape index (κ2) is 6.94. The normalized spacial score (nSPS) is 21.9. The average Bonchev–Trinajstić information content (AvgIpc) is 2.89. The Kier molecular flexibility index (Phi) is 4.82. The highest BCUT2D eigenvalue weighted by molar-refractivity contribution is 6.25. The summed E-state index contributed by atoms with van der Waals surface area (Å²) in [6, 6.07) is 4.55. The monoisotopic (exact) mass is 372 g/mol. The number of carbonyl (C=O) groups excluding carboxylic acids is 5. The first-order valence-corrected chi connectivity index (χ1v) is 8.80. The molecular weight excluding hydrogens is 352 g/mol. The van der Waals surface area contributed by atoms with Crippen molar-refractivity contribution in [2.75, 3.05) is 6.61 Å². The van der Waals surface area contributed by atoms with Crippen molar-refractivity contribution in [3.8, 4) is 5.75 Å². The summed E-state index contributed by atoms with van der Waals surface area (Å²) in [4.78, 5) is 62.3. The van der Waals surface area contributed by atoms with Gasteiger partial charge in [-0.05, 0) is 31.9 Å². The molecule has 2 aliphatic rings. The van der Waals surface area contributed by atoms with Gasteiger partial charge < -0.3 is 4.74 Å². The van der Waals surface area contributed by atoms with Gasteiger partial charge in [-0.3, -0.25) is 34.2 Å². The van der Waals surface area contributed by atoms with Crippen LogP contribution in [0.3, 0.4) is 0 Å². The summed E-state index contributed by atoms with van der Waals surface area (Å²) in [5.74, 6) is -2.39. The smallest absolute Gasteiger partial charge is 0.266 e. The van der Waals surface area contributed by atoms with Crippen LogP contribution in [0, 0.1) is 0 Å². The highest BCUT2D eigenvalue weighted by Gasteiger charge is 2.53. The van der Waals surface area contributed by atoms with E-state index in [1.165, 1.54) is 19.1 Å². The molecule has 0 radical (unpaired) electrons. The number of fused-ring (bicyclic) bond motifs is 1. The van der Waals surface area contributed by atoms with Crippen molar-refractivity contribution in [1.82, 2.24) is 10.2 Å². The third-order valence-electron chi connectivity index (χ3n) is 4.87. The van der Waals surface area contributed by atoms with E-state index >= 15 is 0 Å². The lowest BCUT2D eigenvalue weighted by Gasteiger charge is -2.38. The lowest BCUT2D eigenvalue weighted by atomic mass is 9.89. The number of ether oxygens (including phenoxy) is 1. The van der Waals surface area contributed by atoms with E-state index in [0.29, 0.717) is 12.8 Å². The number of hydrogen-bond acceptors (Lipinski definition) is 6. The minimum atomic E-state index is -1.46. The fourth-order valence-electron chi connectivity index (χ4n) is 3.34. The van der Waals surface area contributed by atoms with Crippen LogP contribution in [0.1, 0.15) is 60.2 Å². The molecule has 142 valence electrons. The molecule has 1 fully saturated rings. The van der Waals surface area contributed by atoms with E-state index < -0.39 is 29.2 Å². The van der Waals surface area contributed by atoms with Crippen molar-refractivity contribution in [1.29, 1.82) is 0 Å². The van der Waals surface area contributed by atoms with Gasteiger partial charge in [-0.2, -0.15) is 0 Å². The van der Waals surface area contributed by atoms with E-state index in [1.807, 2.05) is 6.92 Å². The molecule has 1 aromatic carbocycles. The molecule has 8 nitrogen and oxygen atoms in total. The Morgan fingerprint density at radius 3 is 2.63 bits per heavy atom. The Morgan fingerprint density at radius 1 is 1.22 bits per heavy atom. The number of nitrogens with zero attached hydrogens (tertiary/aromatic N) is 1. The van der Waals surface area contributed by atoms with Crippen molar-refractivity contribution >= 4 is 29.4 Å². The van der Waals surface area contributed by atoms with Crippen LogP contribution < -0.4 is 10.1 Å². The molecule has 1 N–H and O–H groups in total. The number of imide groups is 2. The predicted molar refractivity (Wildman–Crippen MR) is 93.1 cm³/mol. The number of amides is 4. The van der Waals surface area contributed by atoms with Crippen LogP contribution in [-0.2, 0) is 14.4 Å². The minimum Gasteiger partial charge on any atom is -0.485 e. The van der Waals surface area contributed by atoms with Gasteiger partial charge in [-0.1, -0.05) is 13.0 Å². The molecule has 1 atom stereocenters. The zero-order valence-electron chi connectivity index (χ0n) is 15.2. The van der Waals surface area contributed by atoms with Crippen LogP contribution in [0.25, 0.3) is 0 Å². The first-order chi connectivity index (χ1) is 12.8. The molecule has 1 saturated heterocycles. The van der Waals surface area contributed by atoms with Gasteiger partial charge in [0, 0.05) is 12.8 Å². The van der Waals surface area contributed by atoms with Crippen molar-refractivity contribution in [2.45, 2.75) is 45.1 Å². The fourth-order valence-corrected chi connectivity index (χ4v) is 3.34. The number of benzene rings is 1. The molecule has 0 aliphatic carbocycles. The molecule has 2 aliphatic heterocycles. The van der Waals surface area contributed by atoms with Gasteiger partial charge in [0.2, 0.25) is 5.91 Å². The lowest BCUT2D eigenvalue weighted by Crippen LogP contribution is -2.62. The summed E-state index contributed by atoms with van der Waals surface area (Å²) in [5.41, 5.74) is -1.31. The van der Waals surface area contributed by atoms with E-state index in [0.717, 1.165) is 4.90 Å². The molecule has 0 saturated carbocycles. The first kappa shape index (κ1) is 18.8. The molecule has 3 rings (SSSR count). The zero-order valence-corrected chi connectivity index (χ0v) is 15.2.